The van der Waals surface area contributed by atoms with Gasteiger partial charge in [-0.1, -0.05) is 6.92 Å². The van der Waals surface area contributed by atoms with Gasteiger partial charge in [0.2, 0.25) is 0 Å². The second-order valence-corrected chi connectivity index (χ2v) is 4.08. The molecule has 0 aromatic heterocycles. The third-order valence-corrected chi connectivity index (χ3v) is 3.03. The molecular formula is C10H19NO. The second kappa shape index (κ2) is 3.56. The molecule has 1 aliphatic heterocycles. The van der Waals surface area contributed by atoms with Gasteiger partial charge in [0.25, 0.3) is 0 Å². The Balaban J connectivity index is 2.65. The van der Waals surface area contributed by atoms with Gasteiger partial charge in [0.15, 0.2) is 0 Å². The molecule has 12 heavy (non-hydrogen) atoms. The van der Waals surface area contributed by atoms with Gasteiger partial charge in [-0.15, -0.1) is 0 Å². The molecule has 1 rings (SSSR count). The fraction of sp³-hybridized carbons (Fsp3) is 0.900. The molecule has 0 unspecified atom stereocenters. The van der Waals surface area contributed by atoms with Crippen LogP contribution in [-0.4, -0.2) is 29.3 Å². The van der Waals surface area contributed by atoms with Crippen LogP contribution in [0, 0.1) is 5.92 Å². The van der Waals surface area contributed by atoms with E-state index < -0.39 is 0 Å². The van der Waals surface area contributed by atoms with E-state index in [9.17, 15) is 4.79 Å². The van der Waals surface area contributed by atoms with Gasteiger partial charge in [-0.25, -0.2) is 0 Å². The summed E-state index contributed by atoms with van der Waals surface area (Å²) < 4.78 is 0. The Bertz CT molecular complexity index is 177. The largest absolute Gasteiger partial charge is 0.299 e. The molecule has 2 nitrogen and oxygen atoms in total. The lowest BCUT2D eigenvalue weighted by Crippen LogP contribution is -2.49. The zero-order valence-electron chi connectivity index (χ0n) is 8.50. The van der Waals surface area contributed by atoms with Gasteiger partial charge in [0.05, 0.1) is 0 Å². The van der Waals surface area contributed by atoms with Crippen molar-refractivity contribution >= 4 is 5.78 Å². The summed E-state index contributed by atoms with van der Waals surface area (Å²) in [5.41, 5.74) is 0. The zero-order chi connectivity index (χ0) is 9.30. The third kappa shape index (κ3) is 1.69. The number of ketones is 1. The normalized spacial score (nSPS) is 32.9. The second-order valence-electron chi connectivity index (χ2n) is 4.08. The Morgan fingerprint density at radius 1 is 1.42 bits per heavy atom. The molecule has 0 radical (unpaired) electrons. The lowest BCUT2D eigenvalue weighted by Gasteiger charge is -2.39. The predicted octanol–water partition coefficient (Wildman–Crippen LogP) is 1.69. The van der Waals surface area contributed by atoms with Crippen molar-refractivity contribution in [1.82, 2.24) is 4.90 Å². The van der Waals surface area contributed by atoms with E-state index >= 15 is 0 Å². The van der Waals surface area contributed by atoms with Crippen LogP contribution in [0.3, 0.4) is 0 Å². The molecule has 0 saturated carbocycles. The molecule has 0 bridgehead atoms. The Morgan fingerprint density at radius 2 is 2.00 bits per heavy atom. The Hall–Kier alpha value is -0.370. The predicted molar refractivity (Wildman–Crippen MR) is 50.1 cm³/mol. The van der Waals surface area contributed by atoms with Gasteiger partial charge >= 0.3 is 0 Å². The number of likely N-dealkylation sites (tertiary alicyclic amines) is 1. The first kappa shape index (κ1) is 9.72. The molecule has 1 aliphatic rings. The molecule has 1 saturated heterocycles. The van der Waals surface area contributed by atoms with E-state index in [1.54, 1.807) is 0 Å². The van der Waals surface area contributed by atoms with Crippen molar-refractivity contribution in [1.29, 1.82) is 0 Å². The minimum atomic E-state index is 0.223. The van der Waals surface area contributed by atoms with Crippen LogP contribution in [0.5, 0.6) is 0 Å². The summed E-state index contributed by atoms with van der Waals surface area (Å²) in [6.45, 7) is 9.53. The Labute approximate surface area is 74.9 Å². The summed E-state index contributed by atoms with van der Waals surface area (Å²) in [7, 11) is 0. The van der Waals surface area contributed by atoms with Crippen molar-refractivity contribution in [3.8, 4) is 0 Å². The summed E-state index contributed by atoms with van der Waals surface area (Å²) in [6, 6.07) is 0.988. The number of rotatable bonds is 1. The summed E-state index contributed by atoms with van der Waals surface area (Å²) in [5.74, 6) is 0.653. The van der Waals surface area contributed by atoms with Gasteiger partial charge in [0, 0.05) is 31.0 Å². The van der Waals surface area contributed by atoms with Gasteiger partial charge in [-0.05, 0) is 20.8 Å². The molecular weight excluding hydrogens is 150 g/mol. The number of hydrogen-bond acceptors (Lipinski definition) is 2. The summed E-state index contributed by atoms with van der Waals surface area (Å²) in [6.07, 6.45) is 0.740. The van der Waals surface area contributed by atoms with Gasteiger partial charge in [0.1, 0.15) is 5.78 Å². The first-order chi connectivity index (χ1) is 5.54. The molecule has 0 aromatic rings. The third-order valence-electron chi connectivity index (χ3n) is 3.03. The van der Waals surface area contributed by atoms with E-state index in [2.05, 4.69) is 25.7 Å². The topological polar surface area (TPSA) is 20.3 Å². The van der Waals surface area contributed by atoms with E-state index in [4.69, 9.17) is 0 Å². The average Bonchev–Trinajstić information content (AvgIpc) is 2.00. The molecule has 0 N–H and O–H groups in total. The van der Waals surface area contributed by atoms with Crippen LogP contribution in [0.25, 0.3) is 0 Å². The lowest BCUT2D eigenvalue weighted by molar-refractivity contribution is -0.128. The quantitative estimate of drug-likeness (QED) is 0.595. The molecule has 2 heteroatoms. The molecule has 70 valence electrons. The molecule has 2 atom stereocenters. The van der Waals surface area contributed by atoms with Crippen molar-refractivity contribution < 1.29 is 4.79 Å². The molecule has 0 aromatic carbocycles. The molecule has 0 amide bonds. The smallest absolute Gasteiger partial charge is 0.138 e. The summed E-state index contributed by atoms with van der Waals surface area (Å²) in [4.78, 5) is 13.8. The van der Waals surface area contributed by atoms with Crippen LogP contribution in [-0.2, 0) is 4.79 Å². The van der Waals surface area contributed by atoms with Gasteiger partial charge in [-0.2, -0.15) is 0 Å². The maximum atomic E-state index is 11.3. The highest BCUT2D eigenvalue weighted by Gasteiger charge is 2.31. The van der Waals surface area contributed by atoms with Crippen molar-refractivity contribution in [3.63, 3.8) is 0 Å². The molecule has 0 spiro atoms. The Kier molecular flexibility index (Phi) is 2.89. The monoisotopic (exact) mass is 169 g/mol. The number of nitrogens with zero attached hydrogens (tertiary/aromatic N) is 1. The Morgan fingerprint density at radius 3 is 2.50 bits per heavy atom. The SMILES string of the molecule is CC(C)N1CCC(=O)[C@@H](C)[C@@H]1C. The molecule has 1 heterocycles. The lowest BCUT2D eigenvalue weighted by atomic mass is 9.90. The van der Waals surface area contributed by atoms with Crippen molar-refractivity contribution in [2.75, 3.05) is 6.54 Å². The minimum absolute atomic E-state index is 0.223. The van der Waals surface area contributed by atoms with Crippen molar-refractivity contribution in [2.45, 2.75) is 46.2 Å². The number of carbonyl (C=O) groups excluding carboxylic acids is 1. The van der Waals surface area contributed by atoms with E-state index in [0.717, 1.165) is 13.0 Å². The number of hydrogen-bond donors (Lipinski definition) is 0. The van der Waals surface area contributed by atoms with E-state index in [-0.39, 0.29) is 5.92 Å². The highest BCUT2D eigenvalue weighted by Crippen LogP contribution is 2.21. The molecule has 0 aliphatic carbocycles. The summed E-state index contributed by atoms with van der Waals surface area (Å²) in [5, 5.41) is 0. The summed E-state index contributed by atoms with van der Waals surface area (Å²) >= 11 is 0. The number of piperidine rings is 1. The number of Topliss-reactive ketones (excluding diaryl/α,β-unsaturated/α-hetero) is 1. The minimum Gasteiger partial charge on any atom is -0.299 e. The maximum absolute atomic E-state index is 11.3. The first-order valence-corrected chi connectivity index (χ1v) is 4.82. The zero-order valence-corrected chi connectivity index (χ0v) is 8.50. The highest BCUT2D eigenvalue weighted by molar-refractivity contribution is 5.82. The standard InChI is InChI=1S/C10H19NO/c1-7(2)11-6-5-10(12)8(3)9(11)4/h7-9H,5-6H2,1-4H3/t8-,9-/m0/s1. The van der Waals surface area contributed by atoms with Gasteiger partial charge in [-0.3, -0.25) is 9.69 Å². The highest BCUT2D eigenvalue weighted by atomic mass is 16.1. The van der Waals surface area contributed by atoms with Crippen LogP contribution >= 0.6 is 0 Å². The van der Waals surface area contributed by atoms with Crippen LogP contribution in [0.2, 0.25) is 0 Å². The number of carbonyl (C=O) groups is 1. The van der Waals surface area contributed by atoms with Crippen LogP contribution in [0.15, 0.2) is 0 Å². The average molecular weight is 169 g/mol. The van der Waals surface area contributed by atoms with E-state index in [1.807, 2.05) is 6.92 Å². The van der Waals surface area contributed by atoms with Gasteiger partial charge < -0.3 is 0 Å². The van der Waals surface area contributed by atoms with Crippen LogP contribution in [0.4, 0.5) is 0 Å². The first-order valence-electron chi connectivity index (χ1n) is 4.82. The van der Waals surface area contributed by atoms with Crippen LogP contribution < -0.4 is 0 Å². The van der Waals surface area contributed by atoms with Crippen molar-refractivity contribution in [2.24, 2.45) is 5.92 Å². The fourth-order valence-corrected chi connectivity index (χ4v) is 1.96. The molecule has 1 fully saturated rings. The van der Waals surface area contributed by atoms with E-state index in [0.29, 0.717) is 17.9 Å². The van der Waals surface area contributed by atoms with Crippen molar-refractivity contribution in [3.05, 3.63) is 0 Å². The van der Waals surface area contributed by atoms with E-state index in [1.165, 1.54) is 0 Å². The fourth-order valence-electron chi connectivity index (χ4n) is 1.96. The van der Waals surface area contributed by atoms with Crippen LogP contribution in [0.1, 0.15) is 34.1 Å². The maximum Gasteiger partial charge on any atom is 0.138 e.